The first-order valence-corrected chi connectivity index (χ1v) is 12.6. The van der Waals surface area contributed by atoms with E-state index < -0.39 is 11.9 Å². The Morgan fingerprint density at radius 3 is 2.36 bits per heavy atom. The number of hydrogen-bond acceptors (Lipinski definition) is 5. The van der Waals surface area contributed by atoms with Crippen molar-refractivity contribution in [3.05, 3.63) is 88.6 Å². The Bertz CT molecular complexity index is 1210. The lowest BCUT2D eigenvalue weighted by molar-refractivity contribution is -0.123. The fourth-order valence-corrected chi connectivity index (χ4v) is 5.58. The molecular formula is C22H13Br4ClN2O4. The molecule has 1 amide bonds. The number of esters is 1. The molecule has 0 aliphatic rings. The van der Waals surface area contributed by atoms with Crippen molar-refractivity contribution in [3.63, 3.8) is 0 Å². The number of rotatable bonds is 7. The van der Waals surface area contributed by atoms with Gasteiger partial charge in [-0.1, -0.05) is 55.6 Å². The van der Waals surface area contributed by atoms with Crippen molar-refractivity contribution < 1.29 is 19.1 Å². The van der Waals surface area contributed by atoms with E-state index in [4.69, 9.17) is 21.1 Å². The summed E-state index contributed by atoms with van der Waals surface area (Å²) in [5.41, 5.74) is 3.08. The van der Waals surface area contributed by atoms with Crippen LogP contribution < -0.4 is 14.9 Å². The number of benzene rings is 3. The molecule has 0 aromatic heterocycles. The highest BCUT2D eigenvalue weighted by molar-refractivity contribution is 9.11. The summed E-state index contributed by atoms with van der Waals surface area (Å²) < 4.78 is 14.0. The summed E-state index contributed by atoms with van der Waals surface area (Å²) in [5, 5.41) is 4.22. The molecule has 0 bridgehead atoms. The number of amides is 1. The molecule has 6 nitrogen and oxygen atoms in total. The second-order valence-corrected chi connectivity index (χ2v) is 10.3. The lowest BCUT2D eigenvalue weighted by atomic mass is 10.2. The van der Waals surface area contributed by atoms with E-state index in [1.54, 1.807) is 54.6 Å². The van der Waals surface area contributed by atoms with Gasteiger partial charge in [0.15, 0.2) is 6.61 Å². The van der Waals surface area contributed by atoms with Crippen LogP contribution in [0, 0.1) is 0 Å². The molecule has 0 aliphatic carbocycles. The summed E-state index contributed by atoms with van der Waals surface area (Å²) in [6, 6.07) is 15.2. The van der Waals surface area contributed by atoms with Crippen LogP contribution in [0.1, 0.15) is 15.9 Å². The van der Waals surface area contributed by atoms with Gasteiger partial charge in [0.25, 0.3) is 5.91 Å². The summed E-state index contributed by atoms with van der Waals surface area (Å²) >= 11 is 19.6. The molecule has 3 aromatic carbocycles. The largest absolute Gasteiger partial charge is 0.481 e. The van der Waals surface area contributed by atoms with Gasteiger partial charge in [0.2, 0.25) is 0 Å². The molecule has 0 unspecified atom stereocenters. The molecule has 0 saturated heterocycles. The molecule has 0 fully saturated rings. The first-order valence-electron chi connectivity index (χ1n) is 9.10. The van der Waals surface area contributed by atoms with Gasteiger partial charge in [-0.05, 0) is 74.3 Å². The predicted molar refractivity (Wildman–Crippen MR) is 141 cm³/mol. The van der Waals surface area contributed by atoms with Crippen molar-refractivity contribution in [2.24, 2.45) is 5.10 Å². The van der Waals surface area contributed by atoms with Crippen LogP contribution in [0.3, 0.4) is 0 Å². The fourth-order valence-electron chi connectivity index (χ4n) is 2.51. The molecule has 0 radical (unpaired) electrons. The standard InChI is InChI=1S/C22H13Br4ClN2O4/c23-13-5-6-19(33-22(31)15-3-1-2-4-18(15)27)12(7-13)10-28-29-20(30)11-32-21-16(25)8-14(24)9-17(21)26/h1-10H,11H2,(H,29,30)/b28-10-. The first-order chi connectivity index (χ1) is 15.7. The third-order valence-corrected chi connectivity index (χ3v) is 6.43. The zero-order chi connectivity index (χ0) is 24.0. The number of nitrogens with one attached hydrogen (secondary N) is 1. The van der Waals surface area contributed by atoms with Crippen LogP contribution in [-0.2, 0) is 4.79 Å². The molecule has 33 heavy (non-hydrogen) atoms. The van der Waals surface area contributed by atoms with Gasteiger partial charge in [-0.3, -0.25) is 4.79 Å². The van der Waals surface area contributed by atoms with Crippen LogP contribution in [0.5, 0.6) is 11.5 Å². The molecular weight excluding hydrogens is 711 g/mol. The minimum Gasteiger partial charge on any atom is -0.481 e. The normalized spacial score (nSPS) is 10.8. The summed E-state index contributed by atoms with van der Waals surface area (Å²) in [7, 11) is 0. The van der Waals surface area contributed by atoms with E-state index in [1.807, 2.05) is 0 Å². The Morgan fingerprint density at radius 2 is 1.67 bits per heavy atom. The number of carbonyl (C=O) groups excluding carboxylic acids is 2. The monoisotopic (exact) mass is 720 g/mol. The maximum atomic E-state index is 12.5. The molecule has 0 saturated carbocycles. The van der Waals surface area contributed by atoms with Gasteiger partial charge in [0, 0.05) is 14.5 Å². The van der Waals surface area contributed by atoms with Gasteiger partial charge >= 0.3 is 5.97 Å². The number of ether oxygens (including phenoxy) is 2. The van der Waals surface area contributed by atoms with Gasteiger partial charge < -0.3 is 9.47 Å². The van der Waals surface area contributed by atoms with Gasteiger partial charge in [-0.2, -0.15) is 5.10 Å². The topological polar surface area (TPSA) is 77.0 Å². The Balaban J connectivity index is 1.65. The summed E-state index contributed by atoms with van der Waals surface area (Å²) in [6.07, 6.45) is 1.36. The molecule has 0 heterocycles. The van der Waals surface area contributed by atoms with E-state index in [-0.39, 0.29) is 22.9 Å². The number of carbonyl (C=O) groups is 2. The highest BCUT2D eigenvalue weighted by atomic mass is 79.9. The lowest BCUT2D eigenvalue weighted by Crippen LogP contribution is -2.24. The average Bonchev–Trinajstić information content (AvgIpc) is 2.75. The summed E-state index contributed by atoms with van der Waals surface area (Å²) in [6.45, 7) is -0.261. The van der Waals surface area contributed by atoms with Crippen LogP contribution in [-0.4, -0.2) is 24.7 Å². The Kier molecular flexibility index (Phi) is 9.51. The second-order valence-electron chi connectivity index (χ2n) is 6.33. The highest BCUT2D eigenvalue weighted by Gasteiger charge is 2.15. The average molecular weight is 724 g/mol. The van der Waals surface area contributed by atoms with E-state index in [0.717, 1.165) is 8.95 Å². The van der Waals surface area contributed by atoms with E-state index in [9.17, 15) is 9.59 Å². The molecule has 1 N–H and O–H groups in total. The van der Waals surface area contributed by atoms with E-state index in [2.05, 4.69) is 74.2 Å². The molecule has 0 atom stereocenters. The third-order valence-electron chi connectivity index (χ3n) is 3.97. The van der Waals surface area contributed by atoms with Crippen molar-refractivity contribution in [1.29, 1.82) is 0 Å². The Morgan fingerprint density at radius 1 is 0.970 bits per heavy atom. The van der Waals surface area contributed by atoms with Crippen LogP contribution in [0.15, 0.2) is 77.6 Å². The maximum Gasteiger partial charge on any atom is 0.345 e. The predicted octanol–water partition coefficient (Wildman–Crippen LogP) is 7.14. The molecule has 170 valence electrons. The van der Waals surface area contributed by atoms with Crippen LogP contribution in [0.4, 0.5) is 0 Å². The van der Waals surface area contributed by atoms with Gasteiger partial charge in [0.1, 0.15) is 11.5 Å². The van der Waals surface area contributed by atoms with Crippen LogP contribution >= 0.6 is 75.3 Å². The van der Waals surface area contributed by atoms with Crippen LogP contribution in [0.25, 0.3) is 0 Å². The van der Waals surface area contributed by atoms with E-state index in [0.29, 0.717) is 20.3 Å². The van der Waals surface area contributed by atoms with Crippen molar-refractivity contribution >= 4 is 93.4 Å². The Labute approximate surface area is 228 Å². The number of halogens is 5. The highest BCUT2D eigenvalue weighted by Crippen LogP contribution is 2.36. The number of hydrogen-bond donors (Lipinski definition) is 1. The first kappa shape index (κ1) is 25.9. The number of nitrogens with zero attached hydrogens (tertiary/aromatic N) is 1. The fraction of sp³-hybridized carbons (Fsp3) is 0.0455. The maximum absolute atomic E-state index is 12.5. The molecule has 11 heteroatoms. The smallest absolute Gasteiger partial charge is 0.345 e. The van der Waals surface area contributed by atoms with Gasteiger partial charge in [-0.25, -0.2) is 10.2 Å². The minimum absolute atomic E-state index is 0.237. The minimum atomic E-state index is -0.611. The van der Waals surface area contributed by atoms with Crippen molar-refractivity contribution in [2.45, 2.75) is 0 Å². The molecule has 3 aromatic rings. The lowest BCUT2D eigenvalue weighted by Gasteiger charge is -2.10. The van der Waals surface area contributed by atoms with Crippen LogP contribution in [0.2, 0.25) is 5.02 Å². The number of hydrazone groups is 1. The Hall–Kier alpha value is -1.72. The quantitative estimate of drug-likeness (QED) is 0.122. The zero-order valence-electron chi connectivity index (χ0n) is 16.5. The summed E-state index contributed by atoms with van der Waals surface area (Å²) in [4.78, 5) is 24.6. The molecule has 3 rings (SSSR count). The molecule has 0 spiro atoms. The van der Waals surface area contributed by atoms with Crippen molar-refractivity contribution in [3.8, 4) is 11.5 Å². The van der Waals surface area contributed by atoms with E-state index in [1.165, 1.54) is 6.21 Å². The second kappa shape index (κ2) is 12.1. The third kappa shape index (κ3) is 7.38. The summed E-state index contributed by atoms with van der Waals surface area (Å²) in [5.74, 6) is -0.351. The SMILES string of the molecule is O=C(COc1c(Br)cc(Br)cc1Br)N/N=C\c1cc(Br)ccc1OC(=O)c1ccccc1Cl. The zero-order valence-corrected chi connectivity index (χ0v) is 23.6. The van der Waals surface area contributed by atoms with Gasteiger partial charge in [0.05, 0.1) is 25.7 Å². The van der Waals surface area contributed by atoms with Gasteiger partial charge in [-0.15, -0.1) is 0 Å². The van der Waals surface area contributed by atoms with E-state index >= 15 is 0 Å². The van der Waals surface area contributed by atoms with Crippen molar-refractivity contribution in [2.75, 3.05) is 6.61 Å². The van der Waals surface area contributed by atoms with Crippen molar-refractivity contribution in [1.82, 2.24) is 5.43 Å². The molecule has 0 aliphatic heterocycles.